The highest BCUT2D eigenvalue weighted by atomic mass is 16.1. The first kappa shape index (κ1) is 9.38. The van der Waals surface area contributed by atoms with Gasteiger partial charge >= 0.3 is 0 Å². The zero-order valence-electron chi connectivity index (χ0n) is 7.23. The molecule has 0 bridgehead atoms. The normalized spacial score (nSPS) is 12.1. The lowest BCUT2D eigenvalue weighted by atomic mass is 10.0. The van der Waals surface area contributed by atoms with Gasteiger partial charge in [0.25, 0.3) is 5.91 Å². The Kier molecular flexibility index (Phi) is 2.74. The minimum atomic E-state index is -0.607. The Balaban J connectivity index is 3.19. The van der Waals surface area contributed by atoms with Crippen LogP contribution in [-0.4, -0.2) is 17.2 Å². The van der Waals surface area contributed by atoms with E-state index < -0.39 is 5.91 Å². The van der Waals surface area contributed by atoms with E-state index in [0.29, 0.717) is 5.56 Å². The molecule has 1 rings (SSSR count). The quantitative estimate of drug-likeness (QED) is 0.684. The van der Waals surface area contributed by atoms with Crippen LogP contribution in [0.2, 0.25) is 0 Å². The average Bonchev–Trinajstić information content (AvgIpc) is 2.16. The van der Waals surface area contributed by atoms with Crippen molar-refractivity contribution in [2.24, 2.45) is 5.73 Å². The number of pyridine rings is 1. The smallest absolute Gasteiger partial charge is 0.267 e. The maximum atomic E-state index is 10.9. The second kappa shape index (κ2) is 3.80. The summed E-state index contributed by atoms with van der Waals surface area (Å²) in [5, 5.41) is 0. The number of aldehydes is 1. The molecule has 1 unspecified atom stereocenters. The van der Waals surface area contributed by atoms with Crippen LogP contribution < -0.4 is 5.73 Å². The van der Waals surface area contributed by atoms with E-state index in [1.54, 1.807) is 19.1 Å². The van der Waals surface area contributed by atoms with Crippen molar-refractivity contribution in [1.82, 2.24) is 4.98 Å². The van der Waals surface area contributed by atoms with Crippen molar-refractivity contribution >= 4 is 12.2 Å². The number of carbonyl (C=O) groups is 2. The van der Waals surface area contributed by atoms with E-state index in [1.165, 1.54) is 6.20 Å². The summed E-state index contributed by atoms with van der Waals surface area (Å²) in [5.41, 5.74) is 5.83. The molecule has 0 aliphatic heterocycles. The largest absolute Gasteiger partial charge is 0.364 e. The summed E-state index contributed by atoms with van der Waals surface area (Å²) < 4.78 is 0. The molecule has 13 heavy (non-hydrogen) atoms. The zero-order chi connectivity index (χ0) is 9.84. The van der Waals surface area contributed by atoms with Crippen LogP contribution in [0.25, 0.3) is 0 Å². The van der Waals surface area contributed by atoms with Gasteiger partial charge in [-0.2, -0.15) is 0 Å². The maximum absolute atomic E-state index is 10.9. The summed E-state index contributed by atoms with van der Waals surface area (Å²) in [6.07, 6.45) is 2.23. The molecule has 1 aromatic heterocycles. The van der Waals surface area contributed by atoms with Crippen LogP contribution in [-0.2, 0) is 4.79 Å². The molecule has 0 aliphatic rings. The van der Waals surface area contributed by atoms with Crippen molar-refractivity contribution in [2.75, 3.05) is 0 Å². The number of primary amides is 1. The Bertz CT molecular complexity index is 336. The third-order valence-electron chi connectivity index (χ3n) is 1.77. The van der Waals surface area contributed by atoms with Crippen LogP contribution in [0, 0.1) is 0 Å². The average molecular weight is 178 g/mol. The topological polar surface area (TPSA) is 73.1 Å². The van der Waals surface area contributed by atoms with E-state index >= 15 is 0 Å². The number of hydrogen-bond donors (Lipinski definition) is 1. The molecule has 0 aliphatic carbocycles. The molecule has 1 atom stereocenters. The van der Waals surface area contributed by atoms with Crippen molar-refractivity contribution in [3.63, 3.8) is 0 Å². The number of nitrogens with two attached hydrogens (primary N) is 1. The van der Waals surface area contributed by atoms with Crippen LogP contribution in [0.1, 0.15) is 28.9 Å². The Labute approximate surface area is 75.8 Å². The predicted octanol–water partition coefficient (Wildman–Crippen LogP) is 0.483. The number of amides is 1. The molecule has 0 radical (unpaired) electrons. The van der Waals surface area contributed by atoms with Gasteiger partial charge in [0, 0.05) is 12.1 Å². The number of rotatable bonds is 3. The first-order chi connectivity index (χ1) is 6.16. The van der Waals surface area contributed by atoms with Gasteiger partial charge in [0.2, 0.25) is 0 Å². The van der Waals surface area contributed by atoms with Gasteiger partial charge in [-0.3, -0.25) is 9.78 Å². The fraction of sp³-hybridized carbons (Fsp3) is 0.222. The molecule has 68 valence electrons. The van der Waals surface area contributed by atoms with E-state index in [-0.39, 0.29) is 11.6 Å². The molecule has 1 heterocycles. The predicted molar refractivity (Wildman–Crippen MR) is 47.2 cm³/mol. The molecule has 4 nitrogen and oxygen atoms in total. The Hall–Kier alpha value is -1.71. The zero-order valence-corrected chi connectivity index (χ0v) is 7.23. The number of nitrogens with zero attached hydrogens (tertiary/aromatic N) is 1. The number of hydrogen-bond acceptors (Lipinski definition) is 3. The SMILES string of the molecule is CC(C=O)c1cccnc1C(N)=O. The molecule has 0 spiro atoms. The Morgan fingerprint density at radius 2 is 2.38 bits per heavy atom. The molecular weight excluding hydrogens is 168 g/mol. The third kappa shape index (κ3) is 1.90. The highest BCUT2D eigenvalue weighted by Gasteiger charge is 2.13. The van der Waals surface area contributed by atoms with Gasteiger partial charge in [0.05, 0.1) is 0 Å². The van der Waals surface area contributed by atoms with Crippen molar-refractivity contribution in [3.05, 3.63) is 29.6 Å². The highest BCUT2D eigenvalue weighted by molar-refractivity contribution is 5.93. The van der Waals surface area contributed by atoms with Gasteiger partial charge in [0.1, 0.15) is 12.0 Å². The van der Waals surface area contributed by atoms with Gasteiger partial charge in [-0.1, -0.05) is 13.0 Å². The molecule has 0 fully saturated rings. The second-order valence-electron chi connectivity index (χ2n) is 2.73. The summed E-state index contributed by atoms with van der Waals surface area (Å²) in [6, 6.07) is 3.34. The van der Waals surface area contributed by atoms with Gasteiger partial charge in [-0.05, 0) is 11.6 Å². The summed E-state index contributed by atoms with van der Waals surface area (Å²) in [6.45, 7) is 1.69. The fourth-order valence-electron chi connectivity index (χ4n) is 1.06. The summed E-state index contributed by atoms with van der Waals surface area (Å²) >= 11 is 0. The second-order valence-corrected chi connectivity index (χ2v) is 2.73. The standard InChI is InChI=1S/C9H10N2O2/c1-6(5-12)7-3-2-4-11-8(7)9(10)13/h2-6H,1H3,(H2,10,13). The lowest BCUT2D eigenvalue weighted by Gasteiger charge is -2.06. The van der Waals surface area contributed by atoms with E-state index in [2.05, 4.69) is 4.98 Å². The van der Waals surface area contributed by atoms with Crippen LogP contribution in [0.3, 0.4) is 0 Å². The molecule has 2 N–H and O–H groups in total. The first-order valence-electron chi connectivity index (χ1n) is 3.87. The Morgan fingerprint density at radius 3 is 2.92 bits per heavy atom. The molecule has 0 aromatic carbocycles. The van der Waals surface area contributed by atoms with Gasteiger partial charge < -0.3 is 10.5 Å². The van der Waals surface area contributed by atoms with Crippen molar-refractivity contribution in [1.29, 1.82) is 0 Å². The molecule has 1 amide bonds. The van der Waals surface area contributed by atoms with Crippen molar-refractivity contribution in [3.8, 4) is 0 Å². The lowest BCUT2D eigenvalue weighted by molar-refractivity contribution is -0.108. The van der Waals surface area contributed by atoms with Crippen molar-refractivity contribution in [2.45, 2.75) is 12.8 Å². The van der Waals surface area contributed by atoms with E-state index in [9.17, 15) is 9.59 Å². The Morgan fingerprint density at radius 1 is 1.69 bits per heavy atom. The van der Waals surface area contributed by atoms with Crippen LogP contribution in [0.5, 0.6) is 0 Å². The van der Waals surface area contributed by atoms with Crippen LogP contribution in [0.4, 0.5) is 0 Å². The molecule has 0 saturated heterocycles. The van der Waals surface area contributed by atoms with Gasteiger partial charge in [-0.25, -0.2) is 0 Å². The number of carbonyl (C=O) groups excluding carboxylic acids is 2. The molecule has 1 aromatic rings. The number of aromatic nitrogens is 1. The molecule has 0 saturated carbocycles. The van der Waals surface area contributed by atoms with Crippen molar-refractivity contribution < 1.29 is 9.59 Å². The van der Waals surface area contributed by atoms with E-state index in [4.69, 9.17) is 5.73 Å². The van der Waals surface area contributed by atoms with E-state index in [0.717, 1.165) is 6.29 Å². The van der Waals surface area contributed by atoms with Gasteiger partial charge in [0.15, 0.2) is 0 Å². The van der Waals surface area contributed by atoms with Gasteiger partial charge in [-0.15, -0.1) is 0 Å². The fourth-order valence-corrected chi connectivity index (χ4v) is 1.06. The third-order valence-corrected chi connectivity index (χ3v) is 1.77. The summed E-state index contributed by atoms with van der Waals surface area (Å²) in [5.74, 6) is -0.958. The molecular formula is C9H10N2O2. The minimum absolute atomic E-state index is 0.169. The van der Waals surface area contributed by atoms with Crippen LogP contribution in [0.15, 0.2) is 18.3 Å². The van der Waals surface area contributed by atoms with Crippen LogP contribution >= 0.6 is 0 Å². The monoisotopic (exact) mass is 178 g/mol. The highest BCUT2D eigenvalue weighted by Crippen LogP contribution is 2.15. The lowest BCUT2D eigenvalue weighted by Crippen LogP contribution is -2.17. The maximum Gasteiger partial charge on any atom is 0.267 e. The first-order valence-corrected chi connectivity index (χ1v) is 3.87. The van der Waals surface area contributed by atoms with E-state index in [1.807, 2.05) is 0 Å². The summed E-state index contributed by atoms with van der Waals surface area (Å²) in [7, 11) is 0. The summed E-state index contributed by atoms with van der Waals surface area (Å²) in [4.78, 5) is 25.2. The molecule has 4 heteroatoms. The minimum Gasteiger partial charge on any atom is -0.364 e.